The van der Waals surface area contributed by atoms with E-state index in [0.29, 0.717) is 24.7 Å². The number of nitrogens with two attached hydrogens (primary N) is 1. The Balaban J connectivity index is 1.77. The number of ether oxygens (including phenoxy) is 2. The Morgan fingerprint density at radius 2 is 1.85 bits per heavy atom. The minimum Gasteiger partial charge on any atom is -0.486 e. The number of nitrogens with zero attached hydrogens (tertiary/aromatic N) is 2. The zero-order chi connectivity index (χ0) is 24.2. The molecule has 33 heavy (non-hydrogen) atoms. The second kappa shape index (κ2) is 7.75. The first-order chi connectivity index (χ1) is 15.4. The number of aromatic nitrogens is 1. The third-order valence-corrected chi connectivity index (χ3v) is 8.53. The molecule has 1 aromatic heterocycles. The van der Waals surface area contributed by atoms with Gasteiger partial charge in [0, 0.05) is 11.6 Å². The smallest absolute Gasteiger partial charge is 0.230 e. The second-order valence-corrected chi connectivity index (χ2v) is 11.0. The Morgan fingerprint density at radius 3 is 2.55 bits per heavy atom. The standard InChI is InChI=1S/C22H22F3N3O4S/c1-21(2)20(26)28-22(3,19(25)33(21,29)30)13-8-12(4-5-14(13)23)9-15(24)16-10-17-18(11-27-16)32-7-6-31-17/h4-5,8-11,19H,6-7H2,1-3H3,(H2,26,28)/b15-9-/t19-,22-/m1/s1. The molecule has 0 bridgehead atoms. The lowest BCUT2D eigenvalue weighted by Gasteiger charge is -2.40. The first kappa shape index (κ1) is 23.1. The summed E-state index contributed by atoms with van der Waals surface area (Å²) in [6, 6.07) is 4.76. The van der Waals surface area contributed by atoms with Crippen molar-refractivity contribution in [2.24, 2.45) is 10.7 Å². The van der Waals surface area contributed by atoms with Crippen molar-refractivity contribution in [2.45, 2.75) is 36.6 Å². The number of hydrogen-bond acceptors (Lipinski definition) is 7. The maximum atomic E-state index is 15.3. The van der Waals surface area contributed by atoms with Gasteiger partial charge in [-0.05, 0) is 44.5 Å². The molecule has 0 aliphatic carbocycles. The van der Waals surface area contributed by atoms with E-state index in [1.165, 1.54) is 32.2 Å². The third kappa shape index (κ3) is 3.64. The number of amidine groups is 1. The van der Waals surface area contributed by atoms with Crippen molar-refractivity contribution in [1.29, 1.82) is 0 Å². The van der Waals surface area contributed by atoms with Crippen molar-refractivity contribution in [2.75, 3.05) is 13.2 Å². The molecule has 0 fully saturated rings. The molecule has 7 nitrogen and oxygen atoms in total. The van der Waals surface area contributed by atoms with Crippen LogP contribution in [-0.4, -0.2) is 42.7 Å². The lowest BCUT2D eigenvalue weighted by molar-refractivity contribution is 0.170. The maximum absolute atomic E-state index is 15.3. The average molecular weight is 481 g/mol. The van der Waals surface area contributed by atoms with Crippen molar-refractivity contribution in [3.63, 3.8) is 0 Å². The molecular formula is C22H22F3N3O4S. The van der Waals surface area contributed by atoms with Gasteiger partial charge in [0.25, 0.3) is 0 Å². The van der Waals surface area contributed by atoms with Gasteiger partial charge in [0.15, 0.2) is 21.3 Å². The number of fused-ring (bicyclic) bond motifs is 1. The molecule has 2 aromatic rings. The van der Waals surface area contributed by atoms with E-state index in [4.69, 9.17) is 15.2 Å². The van der Waals surface area contributed by atoms with E-state index in [9.17, 15) is 17.2 Å². The zero-order valence-corrected chi connectivity index (χ0v) is 18.9. The van der Waals surface area contributed by atoms with Gasteiger partial charge in [-0.2, -0.15) is 0 Å². The molecule has 11 heteroatoms. The van der Waals surface area contributed by atoms with E-state index in [1.54, 1.807) is 0 Å². The monoisotopic (exact) mass is 481 g/mol. The molecule has 2 N–H and O–H groups in total. The molecule has 3 heterocycles. The molecule has 4 rings (SSSR count). The summed E-state index contributed by atoms with van der Waals surface area (Å²) >= 11 is 0. The normalized spacial score (nSPS) is 25.9. The Morgan fingerprint density at radius 1 is 1.18 bits per heavy atom. The molecular weight excluding hydrogens is 459 g/mol. The van der Waals surface area contributed by atoms with Crippen LogP contribution in [0.1, 0.15) is 37.6 Å². The van der Waals surface area contributed by atoms with Crippen LogP contribution >= 0.6 is 0 Å². The highest BCUT2D eigenvalue weighted by Gasteiger charge is 2.57. The Hall–Kier alpha value is -3.08. The molecule has 0 spiro atoms. The Bertz CT molecular complexity index is 1290. The summed E-state index contributed by atoms with van der Waals surface area (Å²) < 4.78 is 79.5. The molecule has 0 amide bonds. The number of alkyl halides is 1. The van der Waals surface area contributed by atoms with E-state index in [1.807, 2.05) is 0 Å². The fourth-order valence-corrected chi connectivity index (χ4v) is 5.28. The molecule has 2 aliphatic rings. The van der Waals surface area contributed by atoms with Crippen molar-refractivity contribution in [1.82, 2.24) is 4.98 Å². The predicted octanol–water partition coefficient (Wildman–Crippen LogP) is 3.53. The van der Waals surface area contributed by atoms with Gasteiger partial charge in [-0.15, -0.1) is 0 Å². The quantitative estimate of drug-likeness (QED) is 0.719. The molecule has 0 radical (unpaired) electrons. The molecule has 176 valence electrons. The van der Waals surface area contributed by atoms with Gasteiger partial charge in [0.1, 0.15) is 46.7 Å². The number of aliphatic imine (C=N–C) groups is 1. The number of hydrogen-bond donors (Lipinski definition) is 1. The summed E-state index contributed by atoms with van der Waals surface area (Å²) in [7, 11) is -4.46. The van der Waals surface area contributed by atoms with Gasteiger partial charge < -0.3 is 15.2 Å². The molecule has 0 unspecified atom stereocenters. The number of halogens is 3. The van der Waals surface area contributed by atoms with Gasteiger partial charge in [-0.1, -0.05) is 6.07 Å². The van der Waals surface area contributed by atoms with Crippen LogP contribution < -0.4 is 15.2 Å². The number of benzene rings is 1. The van der Waals surface area contributed by atoms with Crippen LogP contribution in [0.3, 0.4) is 0 Å². The van der Waals surface area contributed by atoms with E-state index < -0.39 is 37.3 Å². The van der Waals surface area contributed by atoms with E-state index in [0.717, 1.165) is 25.1 Å². The number of sulfone groups is 1. The van der Waals surface area contributed by atoms with E-state index >= 15 is 4.39 Å². The van der Waals surface area contributed by atoms with Crippen molar-refractivity contribution < 1.29 is 31.1 Å². The largest absolute Gasteiger partial charge is 0.486 e. The molecule has 0 saturated carbocycles. The predicted molar refractivity (Wildman–Crippen MR) is 117 cm³/mol. The third-order valence-electron chi connectivity index (χ3n) is 5.90. The summed E-state index contributed by atoms with van der Waals surface area (Å²) in [4.78, 5) is 8.03. The first-order valence-electron chi connectivity index (χ1n) is 10.0. The van der Waals surface area contributed by atoms with Crippen LogP contribution in [0.4, 0.5) is 13.2 Å². The minimum atomic E-state index is -4.46. The highest BCUT2D eigenvalue weighted by Crippen LogP contribution is 2.44. The van der Waals surface area contributed by atoms with Gasteiger partial charge in [0.05, 0.1) is 6.20 Å². The lowest BCUT2D eigenvalue weighted by atomic mass is 9.90. The van der Waals surface area contributed by atoms with Gasteiger partial charge in [-0.25, -0.2) is 26.6 Å². The van der Waals surface area contributed by atoms with Gasteiger partial charge >= 0.3 is 0 Å². The van der Waals surface area contributed by atoms with Crippen LogP contribution in [-0.2, 0) is 15.4 Å². The fraction of sp³-hybridized carbons (Fsp3) is 0.364. The van der Waals surface area contributed by atoms with Crippen LogP contribution in [0.2, 0.25) is 0 Å². The highest BCUT2D eigenvalue weighted by atomic mass is 32.2. The van der Waals surface area contributed by atoms with Crippen LogP contribution in [0.25, 0.3) is 11.9 Å². The summed E-state index contributed by atoms with van der Waals surface area (Å²) in [5.41, 5.74) is 0.849. The fourth-order valence-electron chi connectivity index (χ4n) is 3.64. The van der Waals surface area contributed by atoms with Gasteiger partial charge in [-0.3, -0.25) is 4.99 Å². The highest BCUT2D eigenvalue weighted by molar-refractivity contribution is 7.94. The molecule has 0 saturated heterocycles. The Labute approximate surface area is 189 Å². The van der Waals surface area contributed by atoms with Crippen LogP contribution in [0.15, 0.2) is 35.5 Å². The van der Waals surface area contributed by atoms with Crippen molar-refractivity contribution >= 4 is 27.6 Å². The summed E-state index contributed by atoms with van der Waals surface area (Å²) in [6.45, 7) is 4.29. The van der Waals surface area contributed by atoms with Crippen molar-refractivity contribution in [3.05, 3.63) is 53.1 Å². The Kier molecular flexibility index (Phi) is 5.43. The summed E-state index contributed by atoms with van der Waals surface area (Å²) in [5, 5.41) is 0. The van der Waals surface area contributed by atoms with Crippen LogP contribution in [0.5, 0.6) is 11.5 Å². The molecule has 2 atom stereocenters. The molecule has 1 aromatic carbocycles. The molecule has 2 aliphatic heterocycles. The SMILES string of the molecule is CC1(C)C(N)=N[C@](C)(c2cc(/C=C(\F)c3cc4c(cn3)OCCO4)ccc2F)[C@H](F)S1(=O)=O. The zero-order valence-electron chi connectivity index (χ0n) is 18.1. The second-order valence-electron chi connectivity index (χ2n) is 8.46. The maximum Gasteiger partial charge on any atom is 0.230 e. The summed E-state index contributed by atoms with van der Waals surface area (Å²) in [6.07, 6.45) is 2.39. The van der Waals surface area contributed by atoms with Crippen molar-refractivity contribution in [3.8, 4) is 11.5 Å². The van der Waals surface area contributed by atoms with Crippen LogP contribution in [0, 0.1) is 5.82 Å². The summed E-state index contributed by atoms with van der Waals surface area (Å²) in [5.74, 6) is -1.29. The van der Waals surface area contributed by atoms with E-state index in [2.05, 4.69) is 9.98 Å². The number of pyridine rings is 1. The average Bonchev–Trinajstić information content (AvgIpc) is 2.78. The lowest BCUT2D eigenvalue weighted by Crippen LogP contribution is -2.58. The first-order valence-corrected chi connectivity index (χ1v) is 11.6. The minimum absolute atomic E-state index is 0.0519. The number of rotatable bonds is 3. The van der Waals surface area contributed by atoms with E-state index in [-0.39, 0.29) is 22.7 Å². The topological polar surface area (TPSA) is 104 Å². The van der Waals surface area contributed by atoms with Gasteiger partial charge in [0.2, 0.25) is 5.50 Å².